The smallest absolute Gasteiger partial charge is 0.337 e. The van der Waals surface area contributed by atoms with Crippen LogP contribution in [0.4, 0.5) is 0 Å². The van der Waals surface area contributed by atoms with Gasteiger partial charge in [-0.2, -0.15) is 0 Å². The second kappa shape index (κ2) is 8.59. The van der Waals surface area contributed by atoms with Crippen molar-refractivity contribution in [2.45, 2.75) is 51.0 Å². The van der Waals surface area contributed by atoms with Crippen molar-refractivity contribution in [2.24, 2.45) is 11.3 Å². The number of nitrogens with one attached hydrogen (secondary N) is 2. The zero-order valence-corrected chi connectivity index (χ0v) is 18.1. The fourth-order valence-electron chi connectivity index (χ4n) is 5.20. The molecular formula is C23H31N3O5. The molecule has 1 aromatic carbocycles. The number of carbonyl (C=O) groups is 3. The van der Waals surface area contributed by atoms with Crippen LogP contribution in [0, 0.1) is 18.3 Å². The van der Waals surface area contributed by atoms with Crippen LogP contribution in [0.5, 0.6) is 0 Å². The molecule has 2 amide bonds. The molecule has 2 saturated heterocycles. The minimum absolute atomic E-state index is 0.0671. The topological polar surface area (TPSA) is 108 Å². The Labute approximate surface area is 182 Å². The van der Waals surface area contributed by atoms with E-state index in [0.29, 0.717) is 25.1 Å². The third-order valence-corrected chi connectivity index (χ3v) is 7.37. The van der Waals surface area contributed by atoms with Crippen molar-refractivity contribution in [1.29, 1.82) is 0 Å². The number of methoxy groups -OCH3 is 1. The van der Waals surface area contributed by atoms with E-state index in [-0.39, 0.29) is 23.2 Å². The van der Waals surface area contributed by atoms with Crippen LogP contribution >= 0.6 is 0 Å². The molecule has 1 spiro atoms. The molecule has 3 fully saturated rings. The third-order valence-electron chi connectivity index (χ3n) is 7.37. The van der Waals surface area contributed by atoms with Crippen LogP contribution in [0.1, 0.15) is 59.5 Å². The Kier molecular flexibility index (Phi) is 6.03. The zero-order chi connectivity index (χ0) is 22.2. The van der Waals surface area contributed by atoms with E-state index in [2.05, 4.69) is 5.32 Å². The molecule has 2 heterocycles. The molecule has 0 radical (unpaired) electrons. The normalized spacial score (nSPS) is 25.2. The average molecular weight is 430 g/mol. The predicted molar refractivity (Wildman–Crippen MR) is 113 cm³/mol. The maximum Gasteiger partial charge on any atom is 0.337 e. The molecule has 1 aliphatic carbocycles. The third kappa shape index (κ3) is 4.32. The van der Waals surface area contributed by atoms with Crippen molar-refractivity contribution in [2.75, 3.05) is 26.7 Å². The average Bonchev–Trinajstić information content (AvgIpc) is 3.56. The summed E-state index contributed by atoms with van der Waals surface area (Å²) in [6, 6.07) is 5.02. The van der Waals surface area contributed by atoms with Crippen molar-refractivity contribution in [3.8, 4) is 0 Å². The highest BCUT2D eigenvalue weighted by atomic mass is 16.5. The molecule has 168 valence electrons. The first-order valence-electron chi connectivity index (χ1n) is 11.0. The van der Waals surface area contributed by atoms with Gasteiger partial charge in [0.25, 0.3) is 0 Å². The summed E-state index contributed by atoms with van der Waals surface area (Å²) >= 11 is 0. The van der Waals surface area contributed by atoms with Crippen LogP contribution in [-0.4, -0.2) is 60.7 Å². The summed E-state index contributed by atoms with van der Waals surface area (Å²) in [4.78, 5) is 39.2. The van der Waals surface area contributed by atoms with Gasteiger partial charge in [0, 0.05) is 19.6 Å². The Hall–Kier alpha value is -2.45. The van der Waals surface area contributed by atoms with Gasteiger partial charge in [-0.1, -0.05) is 6.07 Å². The largest absolute Gasteiger partial charge is 0.465 e. The second-order valence-electron chi connectivity index (χ2n) is 9.31. The number of carbonyl (C=O) groups excluding carboxylic acids is 3. The van der Waals surface area contributed by atoms with E-state index in [1.165, 1.54) is 7.11 Å². The highest BCUT2D eigenvalue weighted by Gasteiger charge is 2.52. The molecule has 0 bridgehead atoms. The maximum absolute atomic E-state index is 13.2. The van der Waals surface area contributed by atoms with E-state index in [4.69, 9.17) is 9.94 Å². The van der Waals surface area contributed by atoms with Gasteiger partial charge >= 0.3 is 5.97 Å². The summed E-state index contributed by atoms with van der Waals surface area (Å²) in [5.41, 5.74) is 4.66. The van der Waals surface area contributed by atoms with Crippen LogP contribution in [0.25, 0.3) is 0 Å². The SMILES string of the molecule is COC(=O)c1ccc(C)c(C2CCN(C(=O)C3NCC4(CC4)CC3C(=O)NO)CC2)c1. The van der Waals surface area contributed by atoms with Gasteiger partial charge in [0.1, 0.15) is 0 Å². The molecule has 4 rings (SSSR count). The first kappa shape index (κ1) is 21.8. The summed E-state index contributed by atoms with van der Waals surface area (Å²) in [7, 11) is 1.38. The number of likely N-dealkylation sites (tertiary alicyclic amines) is 1. The molecule has 8 nitrogen and oxygen atoms in total. The highest BCUT2D eigenvalue weighted by Crippen LogP contribution is 2.52. The lowest BCUT2D eigenvalue weighted by Gasteiger charge is -2.40. The number of amides is 2. The van der Waals surface area contributed by atoms with Gasteiger partial charge in [0.2, 0.25) is 11.8 Å². The zero-order valence-electron chi connectivity index (χ0n) is 18.1. The first-order valence-corrected chi connectivity index (χ1v) is 11.0. The fourth-order valence-corrected chi connectivity index (χ4v) is 5.20. The molecule has 8 heteroatoms. The molecule has 2 atom stereocenters. The van der Waals surface area contributed by atoms with Crippen molar-refractivity contribution < 1.29 is 24.3 Å². The van der Waals surface area contributed by atoms with Gasteiger partial charge in [0.05, 0.1) is 24.6 Å². The van der Waals surface area contributed by atoms with Gasteiger partial charge in [-0.05, 0) is 73.6 Å². The number of esters is 1. The number of benzene rings is 1. The Morgan fingerprint density at radius 1 is 1.23 bits per heavy atom. The molecule has 3 N–H and O–H groups in total. The van der Waals surface area contributed by atoms with Crippen molar-refractivity contribution in [1.82, 2.24) is 15.7 Å². The number of hydrogen-bond donors (Lipinski definition) is 3. The number of ether oxygens (including phenoxy) is 1. The molecule has 3 aliphatic rings. The molecule has 31 heavy (non-hydrogen) atoms. The summed E-state index contributed by atoms with van der Waals surface area (Å²) in [6.45, 7) is 3.98. The Bertz CT molecular complexity index is 874. The number of nitrogens with zero attached hydrogens (tertiary/aromatic N) is 1. The van der Waals surface area contributed by atoms with Gasteiger partial charge < -0.3 is 15.0 Å². The Morgan fingerprint density at radius 2 is 1.94 bits per heavy atom. The van der Waals surface area contributed by atoms with Gasteiger partial charge in [0.15, 0.2) is 0 Å². The monoisotopic (exact) mass is 429 g/mol. The summed E-state index contributed by atoms with van der Waals surface area (Å²) in [5.74, 6) is -1.19. The predicted octanol–water partition coefficient (Wildman–Crippen LogP) is 1.75. The fraction of sp³-hybridized carbons (Fsp3) is 0.609. The van der Waals surface area contributed by atoms with E-state index in [1.54, 1.807) is 11.5 Å². The first-order chi connectivity index (χ1) is 14.9. The lowest BCUT2D eigenvalue weighted by Crippen LogP contribution is -2.59. The lowest BCUT2D eigenvalue weighted by molar-refractivity contribution is -0.145. The maximum atomic E-state index is 13.2. The molecular weight excluding hydrogens is 398 g/mol. The van der Waals surface area contributed by atoms with Crippen LogP contribution in [0.3, 0.4) is 0 Å². The quantitative estimate of drug-likeness (QED) is 0.382. The number of rotatable bonds is 4. The van der Waals surface area contributed by atoms with Gasteiger partial charge in [-0.3, -0.25) is 14.8 Å². The second-order valence-corrected chi connectivity index (χ2v) is 9.31. The summed E-state index contributed by atoms with van der Waals surface area (Å²) < 4.78 is 4.84. The Balaban J connectivity index is 1.42. The molecule has 0 aromatic heterocycles. The minimum Gasteiger partial charge on any atom is -0.465 e. The lowest BCUT2D eigenvalue weighted by atomic mass is 9.80. The van der Waals surface area contributed by atoms with E-state index in [0.717, 1.165) is 43.4 Å². The van der Waals surface area contributed by atoms with Gasteiger partial charge in [-0.25, -0.2) is 10.3 Å². The van der Waals surface area contributed by atoms with Crippen molar-refractivity contribution in [3.63, 3.8) is 0 Å². The molecule has 1 saturated carbocycles. The number of hydroxylamine groups is 1. The van der Waals surface area contributed by atoms with E-state index in [1.807, 2.05) is 24.0 Å². The molecule has 2 aliphatic heterocycles. The van der Waals surface area contributed by atoms with Crippen molar-refractivity contribution >= 4 is 17.8 Å². The summed E-state index contributed by atoms with van der Waals surface area (Å²) in [6.07, 6.45) is 4.35. The van der Waals surface area contributed by atoms with Crippen molar-refractivity contribution in [3.05, 3.63) is 34.9 Å². The highest BCUT2D eigenvalue weighted by molar-refractivity contribution is 5.90. The van der Waals surface area contributed by atoms with Crippen LogP contribution in [-0.2, 0) is 14.3 Å². The van der Waals surface area contributed by atoms with E-state index in [9.17, 15) is 14.4 Å². The number of hydrogen-bond acceptors (Lipinski definition) is 6. The minimum atomic E-state index is -0.598. The molecule has 2 unspecified atom stereocenters. The van der Waals surface area contributed by atoms with E-state index < -0.39 is 17.9 Å². The molecule has 1 aromatic rings. The summed E-state index contributed by atoms with van der Waals surface area (Å²) in [5, 5.41) is 12.5. The van der Waals surface area contributed by atoms with Crippen LogP contribution in [0.2, 0.25) is 0 Å². The Morgan fingerprint density at radius 3 is 2.55 bits per heavy atom. The van der Waals surface area contributed by atoms with Gasteiger partial charge in [-0.15, -0.1) is 0 Å². The van der Waals surface area contributed by atoms with E-state index >= 15 is 0 Å². The van der Waals surface area contributed by atoms with Crippen LogP contribution < -0.4 is 10.8 Å². The standard InChI is InChI=1S/C23H31N3O5/c1-14-3-4-16(22(29)31-2)11-17(14)15-5-9-26(10-6-15)21(28)19-18(20(27)25-30)12-23(7-8-23)13-24-19/h3-4,11,15,18-19,24,30H,5-10,12-13H2,1-2H3,(H,25,27). The van der Waals surface area contributed by atoms with Crippen LogP contribution in [0.15, 0.2) is 18.2 Å². The number of piperidine rings is 2. The number of aryl methyl sites for hydroxylation is 1.